The van der Waals surface area contributed by atoms with Crippen molar-refractivity contribution in [2.24, 2.45) is 11.8 Å². The number of carbonyl (C=O) groups excluding carboxylic acids is 1. The summed E-state index contributed by atoms with van der Waals surface area (Å²) in [6, 6.07) is 16.9. The molecule has 4 fully saturated rings. The Morgan fingerprint density at radius 1 is 1.06 bits per heavy atom. The zero-order valence-electron chi connectivity index (χ0n) is 28.4. The van der Waals surface area contributed by atoms with Crippen molar-refractivity contribution in [2.75, 3.05) is 64.4 Å². The van der Waals surface area contributed by atoms with Gasteiger partial charge in [0, 0.05) is 42.6 Å². The number of benzene rings is 2. The highest BCUT2D eigenvalue weighted by Crippen LogP contribution is 2.51. The van der Waals surface area contributed by atoms with Gasteiger partial charge in [0.05, 0.1) is 38.4 Å². The number of rotatable bonds is 11. The molecule has 3 atom stereocenters. The number of carbonyl (C=O) groups is 1. The molecule has 1 aliphatic carbocycles. The van der Waals surface area contributed by atoms with Gasteiger partial charge in [-0.15, -0.1) is 0 Å². The van der Waals surface area contributed by atoms with Gasteiger partial charge in [-0.25, -0.2) is 13.6 Å². The van der Waals surface area contributed by atoms with Crippen molar-refractivity contribution in [2.45, 2.75) is 62.2 Å². The maximum atomic E-state index is 16.2. The van der Waals surface area contributed by atoms with Crippen molar-refractivity contribution in [3.8, 4) is 6.07 Å². The third-order valence-corrected chi connectivity index (χ3v) is 11.7. The molecule has 0 radical (unpaired) electrons. The first kappa shape index (κ1) is 33.5. The predicted molar refractivity (Wildman–Crippen MR) is 184 cm³/mol. The third kappa shape index (κ3) is 6.90. The summed E-state index contributed by atoms with van der Waals surface area (Å²) in [4.78, 5) is 19.3. The molecule has 2 aromatic carbocycles. The van der Waals surface area contributed by atoms with Gasteiger partial charge < -0.3 is 19.9 Å². The number of hydrogen-bond donors (Lipinski definition) is 1. The quantitative estimate of drug-likeness (QED) is 0.294. The Balaban J connectivity index is 1.05. The first-order valence-corrected chi connectivity index (χ1v) is 17.8. The van der Waals surface area contributed by atoms with E-state index in [2.05, 4.69) is 37.3 Å². The molecule has 1 amide bonds. The second kappa shape index (κ2) is 14.1. The Morgan fingerprint density at radius 2 is 1.88 bits per heavy atom. The summed E-state index contributed by atoms with van der Waals surface area (Å²) in [6.45, 7) is 5.94. The van der Waals surface area contributed by atoms with Crippen molar-refractivity contribution >= 4 is 11.8 Å². The molecule has 0 bridgehead atoms. The molecule has 1 saturated carbocycles. The van der Waals surface area contributed by atoms with Crippen molar-refractivity contribution in [3.05, 3.63) is 83.4 Å². The minimum absolute atomic E-state index is 0.0487. The number of hydrogen-bond acceptors (Lipinski definition) is 7. The van der Waals surface area contributed by atoms with Crippen LogP contribution in [0.1, 0.15) is 55.2 Å². The van der Waals surface area contributed by atoms with Crippen LogP contribution >= 0.6 is 0 Å². The average molecular weight is 672 g/mol. The van der Waals surface area contributed by atoms with E-state index in [1.54, 1.807) is 16.9 Å². The predicted octanol–water partition coefficient (Wildman–Crippen LogP) is 5.35. The van der Waals surface area contributed by atoms with Crippen LogP contribution in [0.3, 0.4) is 0 Å². The molecule has 3 aliphatic heterocycles. The molecule has 1 N–H and O–H groups in total. The Morgan fingerprint density at radius 3 is 2.55 bits per heavy atom. The van der Waals surface area contributed by atoms with Crippen LogP contribution in [0.15, 0.2) is 60.9 Å². The molecular formula is C38H47F2N7O2. The second-order valence-electron chi connectivity index (χ2n) is 14.7. The van der Waals surface area contributed by atoms with E-state index in [9.17, 15) is 14.4 Å². The largest absolute Gasteiger partial charge is 0.453 e. The topological polar surface area (TPSA) is 89.7 Å². The van der Waals surface area contributed by atoms with Crippen LogP contribution in [0.5, 0.6) is 0 Å². The van der Waals surface area contributed by atoms with E-state index in [0.29, 0.717) is 31.7 Å². The molecule has 0 spiro atoms. The van der Waals surface area contributed by atoms with Crippen molar-refractivity contribution in [1.29, 1.82) is 5.26 Å². The van der Waals surface area contributed by atoms with Gasteiger partial charge in [-0.1, -0.05) is 18.6 Å². The molecule has 3 aromatic rings. The standard InChI is InChI=1S/C38H47F2N7O2/c1-49-36(48)43-35-9-3-8-34(35)38(27-44-15-5-16-44,31-6-2-7-32(39)21-31)30-12-18-45(19-13-30)24-37(40)25-46(26-37)33-11-10-28(22-41)29(20-33)23-47-17-4-14-42-47/h2,4,6-7,10-11,14,17,20-21,30,34-35H,3,5,8-9,12-13,15-16,18-19,23-27H2,1H3,(H,43,48)/t34-,35-,38?/m0/s1. The molecule has 3 saturated heterocycles. The highest BCUT2D eigenvalue weighted by molar-refractivity contribution is 5.67. The van der Waals surface area contributed by atoms with Crippen molar-refractivity contribution in [1.82, 2.24) is 24.9 Å². The van der Waals surface area contributed by atoms with Crippen LogP contribution in [0, 0.1) is 29.0 Å². The number of amides is 1. The van der Waals surface area contributed by atoms with Gasteiger partial charge in [0.25, 0.3) is 0 Å². The molecule has 4 heterocycles. The number of nitrogens with one attached hydrogen (secondary N) is 1. The summed E-state index contributed by atoms with van der Waals surface area (Å²) in [6.07, 6.45) is 8.94. The number of nitriles is 1. The molecule has 7 rings (SSSR count). The SMILES string of the molecule is COC(=O)N[C@H]1CCC[C@@H]1C(CN1CCC1)(c1cccc(F)c1)C1CCN(CC2(F)CN(c3ccc(C#N)c(Cn4cccn4)c3)C2)CC1. The minimum atomic E-state index is -1.32. The van der Waals surface area contributed by atoms with E-state index in [1.165, 1.54) is 13.2 Å². The zero-order valence-corrected chi connectivity index (χ0v) is 28.4. The number of alkyl halides is 1. The fourth-order valence-corrected chi connectivity index (χ4v) is 9.25. The molecule has 260 valence electrons. The molecule has 11 heteroatoms. The number of likely N-dealkylation sites (tertiary alicyclic amines) is 2. The molecule has 9 nitrogen and oxygen atoms in total. The minimum Gasteiger partial charge on any atom is -0.453 e. The number of anilines is 1. The zero-order chi connectivity index (χ0) is 34.0. The monoisotopic (exact) mass is 671 g/mol. The number of halogens is 2. The number of piperidine rings is 1. The molecule has 4 aliphatic rings. The lowest BCUT2D eigenvalue weighted by Gasteiger charge is -2.54. The van der Waals surface area contributed by atoms with Crippen LogP contribution in [0.4, 0.5) is 19.3 Å². The highest BCUT2D eigenvalue weighted by atomic mass is 19.1. The summed E-state index contributed by atoms with van der Waals surface area (Å²) >= 11 is 0. The first-order chi connectivity index (χ1) is 23.8. The lowest BCUT2D eigenvalue weighted by atomic mass is 9.57. The second-order valence-corrected chi connectivity index (χ2v) is 14.7. The van der Waals surface area contributed by atoms with E-state index in [-0.39, 0.29) is 29.1 Å². The van der Waals surface area contributed by atoms with E-state index < -0.39 is 11.8 Å². The van der Waals surface area contributed by atoms with E-state index >= 15 is 4.39 Å². The average Bonchev–Trinajstić information content (AvgIpc) is 3.76. The van der Waals surface area contributed by atoms with Crippen LogP contribution in [-0.4, -0.2) is 96.9 Å². The lowest BCUT2D eigenvalue weighted by molar-refractivity contribution is 0.00584. The summed E-state index contributed by atoms with van der Waals surface area (Å²) in [7, 11) is 1.40. The molecule has 49 heavy (non-hydrogen) atoms. The van der Waals surface area contributed by atoms with Gasteiger partial charge in [-0.05, 0) is 118 Å². The Bertz CT molecular complexity index is 1640. The number of nitrogens with zero attached hydrogens (tertiary/aromatic N) is 6. The Labute approximate surface area is 287 Å². The summed E-state index contributed by atoms with van der Waals surface area (Å²) < 4.78 is 38.0. The van der Waals surface area contributed by atoms with Gasteiger partial charge in [0.15, 0.2) is 5.67 Å². The number of methoxy groups -OCH3 is 1. The van der Waals surface area contributed by atoms with Crippen molar-refractivity contribution < 1.29 is 18.3 Å². The molecule has 1 unspecified atom stereocenters. The van der Waals surface area contributed by atoms with Gasteiger partial charge in [0.2, 0.25) is 0 Å². The maximum absolute atomic E-state index is 16.2. The first-order valence-electron chi connectivity index (χ1n) is 17.8. The van der Waals surface area contributed by atoms with Gasteiger partial charge >= 0.3 is 6.09 Å². The van der Waals surface area contributed by atoms with E-state index in [4.69, 9.17) is 4.74 Å². The third-order valence-electron chi connectivity index (χ3n) is 11.7. The summed E-state index contributed by atoms with van der Waals surface area (Å²) in [5.74, 6) is 0.170. The van der Waals surface area contributed by atoms with Crippen LogP contribution in [-0.2, 0) is 16.7 Å². The smallest absolute Gasteiger partial charge is 0.407 e. The normalized spacial score (nSPS) is 24.0. The Kier molecular flexibility index (Phi) is 9.62. The van der Waals surface area contributed by atoms with Crippen molar-refractivity contribution in [3.63, 3.8) is 0 Å². The van der Waals surface area contributed by atoms with Crippen LogP contribution in [0.25, 0.3) is 0 Å². The Hall–Kier alpha value is -4.01. The summed E-state index contributed by atoms with van der Waals surface area (Å²) in [5.41, 5.74) is 1.75. The number of alkyl carbamates (subject to hydrolysis) is 1. The van der Waals surface area contributed by atoms with Gasteiger partial charge in [-0.3, -0.25) is 9.58 Å². The van der Waals surface area contributed by atoms with Gasteiger partial charge in [-0.2, -0.15) is 10.4 Å². The van der Waals surface area contributed by atoms with Crippen LogP contribution < -0.4 is 10.2 Å². The maximum Gasteiger partial charge on any atom is 0.407 e. The lowest BCUT2D eigenvalue weighted by Crippen LogP contribution is -2.65. The van der Waals surface area contributed by atoms with Crippen LogP contribution in [0.2, 0.25) is 0 Å². The fraction of sp³-hybridized carbons (Fsp3) is 0.553. The summed E-state index contributed by atoms with van der Waals surface area (Å²) in [5, 5.41) is 17.1. The molecular weight excluding hydrogens is 624 g/mol. The van der Waals surface area contributed by atoms with E-state index in [1.807, 2.05) is 36.5 Å². The highest BCUT2D eigenvalue weighted by Gasteiger charge is 2.54. The fourth-order valence-electron chi connectivity index (χ4n) is 9.25. The number of aromatic nitrogens is 2. The molecule has 1 aromatic heterocycles. The number of ether oxygens (including phenoxy) is 1. The van der Waals surface area contributed by atoms with E-state index in [0.717, 1.165) is 88.1 Å². The van der Waals surface area contributed by atoms with Gasteiger partial charge in [0.1, 0.15) is 5.82 Å².